The van der Waals surface area contributed by atoms with Crippen molar-refractivity contribution in [3.05, 3.63) is 29.3 Å². The minimum absolute atomic E-state index is 0.290. The monoisotopic (exact) mass is 288 g/mol. The third-order valence-electron chi connectivity index (χ3n) is 2.92. The molecule has 0 spiro atoms. The van der Waals surface area contributed by atoms with E-state index in [0.29, 0.717) is 12.2 Å². The Morgan fingerprint density at radius 1 is 1.20 bits per heavy atom. The number of hydrogen-bond donors (Lipinski definition) is 2. The van der Waals surface area contributed by atoms with E-state index in [0.717, 1.165) is 12.6 Å². The van der Waals surface area contributed by atoms with Crippen molar-refractivity contribution in [1.82, 2.24) is 4.90 Å². The van der Waals surface area contributed by atoms with Crippen LogP contribution in [-0.2, 0) is 6.18 Å². The largest absolute Gasteiger partial charge is 0.417 e. The van der Waals surface area contributed by atoms with Crippen molar-refractivity contribution in [3.63, 3.8) is 0 Å². The molecule has 112 valence electrons. The van der Waals surface area contributed by atoms with Gasteiger partial charge in [-0.2, -0.15) is 13.2 Å². The summed E-state index contributed by atoms with van der Waals surface area (Å²) in [6.07, 6.45) is -4.53. The van der Waals surface area contributed by atoms with Crippen LogP contribution in [0.25, 0.3) is 0 Å². The molecule has 3 N–H and O–H groups in total. The highest BCUT2D eigenvalue weighted by Gasteiger charge is 2.34. The molecule has 0 fully saturated rings. The number of nitrogens with one attached hydrogen (secondary N) is 1. The Hall–Kier alpha value is -1.76. The minimum Gasteiger partial charge on any atom is -0.384 e. The van der Waals surface area contributed by atoms with Gasteiger partial charge in [-0.15, -0.1) is 0 Å². The van der Waals surface area contributed by atoms with Crippen molar-refractivity contribution in [3.8, 4) is 0 Å². The first-order valence-electron chi connectivity index (χ1n) is 6.04. The summed E-state index contributed by atoms with van der Waals surface area (Å²) in [5, 5.41) is 7.23. The summed E-state index contributed by atoms with van der Waals surface area (Å²) in [4.78, 5) is 3.68. The van der Waals surface area contributed by atoms with Crippen LogP contribution in [0.5, 0.6) is 0 Å². The number of alkyl halides is 3. The number of hydrogen-bond acceptors (Lipinski definition) is 3. The Balaban J connectivity index is 3.10. The Morgan fingerprint density at radius 2 is 1.80 bits per heavy atom. The topological polar surface area (TPSA) is 56.4 Å². The number of rotatable bonds is 5. The van der Waals surface area contributed by atoms with Crippen molar-refractivity contribution < 1.29 is 13.2 Å². The molecule has 0 aliphatic carbocycles. The van der Waals surface area contributed by atoms with Gasteiger partial charge in [0.15, 0.2) is 0 Å². The third kappa shape index (κ3) is 4.12. The average molecular weight is 288 g/mol. The highest BCUT2D eigenvalue weighted by Crippen LogP contribution is 2.34. The van der Waals surface area contributed by atoms with Crippen LogP contribution in [0.2, 0.25) is 0 Å². The molecule has 0 aliphatic rings. The number of anilines is 1. The maximum Gasteiger partial charge on any atom is 0.417 e. The second kappa shape index (κ2) is 6.13. The fourth-order valence-electron chi connectivity index (χ4n) is 1.72. The van der Waals surface area contributed by atoms with E-state index in [-0.39, 0.29) is 5.56 Å². The number of nitrogen functional groups attached to an aromatic ring is 1. The molecule has 0 saturated carbocycles. The number of benzene rings is 1. The molecule has 1 rings (SSSR count). The highest BCUT2D eigenvalue weighted by molar-refractivity contribution is 5.97. The summed E-state index contributed by atoms with van der Waals surface area (Å²) in [6.45, 7) is 1.33. The number of likely N-dealkylation sites (N-methyl/N-ethyl adjacent to an activating group) is 2. The minimum atomic E-state index is -4.53. The van der Waals surface area contributed by atoms with Crippen LogP contribution in [0.15, 0.2) is 18.2 Å². The summed E-state index contributed by atoms with van der Waals surface area (Å²) in [5.41, 5.74) is 4.48. The fourth-order valence-corrected chi connectivity index (χ4v) is 1.72. The fraction of sp³-hybridized carbons (Fsp3) is 0.462. The van der Waals surface area contributed by atoms with Crippen LogP contribution >= 0.6 is 0 Å². The zero-order chi connectivity index (χ0) is 15.5. The van der Waals surface area contributed by atoms with Gasteiger partial charge in [0.05, 0.1) is 5.56 Å². The van der Waals surface area contributed by atoms with Crippen molar-refractivity contribution in [2.75, 3.05) is 39.1 Å². The Labute approximate surface area is 116 Å². The molecule has 1 aromatic carbocycles. The normalized spacial score (nSPS) is 11.8. The van der Waals surface area contributed by atoms with Crippen LogP contribution < -0.4 is 10.6 Å². The molecule has 0 heterocycles. The third-order valence-corrected chi connectivity index (χ3v) is 2.92. The second-order valence-electron chi connectivity index (χ2n) is 4.87. The zero-order valence-electron chi connectivity index (χ0n) is 11.8. The maximum absolute atomic E-state index is 13.0. The van der Waals surface area contributed by atoms with Gasteiger partial charge >= 0.3 is 6.18 Å². The Morgan fingerprint density at radius 3 is 2.25 bits per heavy atom. The SMILES string of the molecule is CN(C)CCN(C)c1ccc(C(=N)N)c(C(F)(F)F)c1. The molecule has 1 aromatic rings. The van der Waals surface area contributed by atoms with E-state index in [4.69, 9.17) is 11.1 Å². The molecule has 0 atom stereocenters. The van der Waals surface area contributed by atoms with Crippen LogP contribution in [0.1, 0.15) is 11.1 Å². The van der Waals surface area contributed by atoms with Gasteiger partial charge in [0, 0.05) is 31.4 Å². The van der Waals surface area contributed by atoms with Gasteiger partial charge in [-0.3, -0.25) is 5.41 Å². The first-order chi connectivity index (χ1) is 9.12. The molecule has 0 bridgehead atoms. The van der Waals surface area contributed by atoms with Gasteiger partial charge in [0.25, 0.3) is 0 Å². The standard InChI is InChI=1S/C13H19F3N4/c1-19(2)6-7-20(3)9-4-5-10(12(17)18)11(8-9)13(14,15)16/h4-5,8H,6-7H2,1-3H3,(H3,17,18). The average Bonchev–Trinajstić information content (AvgIpc) is 2.33. The Kier molecular flexibility index (Phi) is 4.99. The maximum atomic E-state index is 13.0. The van der Waals surface area contributed by atoms with E-state index in [1.165, 1.54) is 6.07 Å². The van der Waals surface area contributed by atoms with E-state index in [1.807, 2.05) is 19.0 Å². The van der Waals surface area contributed by atoms with Gasteiger partial charge in [-0.05, 0) is 32.3 Å². The number of halogens is 3. The lowest BCUT2D eigenvalue weighted by atomic mass is 10.0. The molecule has 20 heavy (non-hydrogen) atoms. The lowest BCUT2D eigenvalue weighted by molar-refractivity contribution is -0.137. The van der Waals surface area contributed by atoms with E-state index in [9.17, 15) is 13.2 Å². The Bertz CT molecular complexity index is 483. The van der Waals surface area contributed by atoms with E-state index in [2.05, 4.69) is 0 Å². The lowest BCUT2D eigenvalue weighted by Gasteiger charge is -2.23. The molecule has 0 radical (unpaired) electrons. The smallest absolute Gasteiger partial charge is 0.384 e. The summed E-state index contributed by atoms with van der Waals surface area (Å²) >= 11 is 0. The van der Waals surface area contributed by atoms with E-state index >= 15 is 0 Å². The van der Waals surface area contributed by atoms with Gasteiger partial charge in [-0.25, -0.2) is 0 Å². The molecule has 4 nitrogen and oxygen atoms in total. The highest BCUT2D eigenvalue weighted by atomic mass is 19.4. The quantitative estimate of drug-likeness (QED) is 0.643. The van der Waals surface area contributed by atoms with E-state index < -0.39 is 17.6 Å². The molecule has 7 heteroatoms. The summed E-state index contributed by atoms with van der Waals surface area (Å²) in [5.74, 6) is -0.584. The molecular weight excluding hydrogens is 269 g/mol. The first kappa shape index (κ1) is 16.3. The van der Waals surface area contributed by atoms with Crippen LogP contribution in [0, 0.1) is 5.41 Å². The van der Waals surface area contributed by atoms with Crippen molar-refractivity contribution in [2.24, 2.45) is 5.73 Å². The molecule has 0 unspecified atom stereocenters. The number of amidine groups is 1. The van der Waals surface area contributed by atoms with Crippen LogP contribution in [-0.4, -0.2) is 45.0 Å². The van der Waals surface area contributed by atoms with Crippen LogP contribution in [0.3, 0.4) is 0 Å². The zero-order valence-corrected chi connectivity index (χ0v) is 11.8. The lowest BCUT2D eigenvalue weighted by Crippen LogP contribution is -2.29. The summed E-state index contributed by atoms with van der Waals surface area (Å²) < 4.78 is 39.0. The number of nitrogens with zero attached hydrogens (tertiary/aromatic N) is 2. The van der Waals surface area contributed by atoms with Gasteiger partial charge in [0.1, 0.15) is 5.84 Å². The molecular formula is C13H19F3N4. The van der Waals surface area contributed by atoms with Gasteiger partial charge in [0.2, 0.25) is 0 Å². The van der Waals surface area contributed by atoms with Crippen LogP contribution in [0.4, 0.5) is 18.9 Å². The summed E-state index contributed by atoms with van der Waals surface area (Å²) in [7, 11) is 5.52. The van der Waals surface area contributed by atoms with Crippen molar-refractivity contribution >= 4 is 11.5 Å². The molecule has 0 aromatic heterocycles. The van der Waals surface area contributed by atoms with Gasteiger partial charge in [-0.1, -0.05) is 0 Å². The molecule has 0 saturated heterocycles. The molecule has 0 amide bonds. The molecule has 0 aliphatic heterocycles. The first-order valence-corrected chi connectivity index (χ1v) is 6.04. The predicted molar refractivity (Wildman–Crippen MR) is 74.3 cm³/mol. The predicted octanol–water partition coefficient (Wildman–Crippen LogP) is 1.99. The number of nitrogens with two attached hydrogens (primary N) is 1. The summed E-state index contributed by atoms with van der Waals surface area (Å²) in [6, 6.07) is 3.82. The van der Waals surface area contributed by atoms with Crippen molar-refractivity contribution in [2.45, 2.75) is 6.18 Å². The van der Waals surface area contributed by atoms with Crippen molar-refractivity contribution in [1.29, 1.82) is 5.41 Å². The van der Waals surface area contributed by atoms with E-state index in [1.54, 1.807) is 18.0 Å². The second-order valence-corrected chi connectivity index (χ2v) is 4.87. The van der Waals surface area contributed by atoms with Gasteiger partial charge < -0.3 is 15.5 Å².